The Morgan fingerprint density at radius 3 is 2.72 bits per heavy atom. The smallest absolute Gasteiger partial charge is 0.182 e. The van der Waals surface area contributed by atoms with Crippen molar-refractivity contribution < 1.29 is 17.5 Å². The summed E-state index contributed by atoms with van der Waals surface area (Å²) in [6.07, 6.45) is 1.38. The van der Waals surface area contributed by atoms with Crippen LogP contribution in [0.4, 0.5) is 10.1 Å². The van der Waals surface area contributed by atoms with Gasteiger partial charge in [0.05, 0.1) is 28.5 Å². The van der Waals surface area contributed by atoms with Crippen LogP contribution in [0.25, 0.3) is 0 Å². The highest BCUT2D eigenvalue weighted by Crippen LogP contribution is 2.26. The van der Waals surface area contributed by atoms with Crippen molar-refractivity contribution in [1.82, 2.24) is 0 Å². The van der Waals surface area contributed by atoms with E-state index in [0.29, 0.717) is 0 Å². The summed E-state index contributed by atoms with van der Waals surface area (Å²) < 4.78 is 42.7. The largest absolute Gasteiger partial charge is 0.398 e. The Kier molecular flexibility index (Phi) is 3.59. The number of hydrogen-bond acceptors (Lipinski definition) is 4. The van der Waals surface area contributed by atoms with Crippen molar-refractivity contribution in [3.05, 3.63) is 24.0 Å². The maximum Gasteiger partial charge on any atom is 0.182 e. The molecule has 0 saturated carbocycles. The van der Waals surface area contributed by atoms with Gasteiger partial charge in [0.2, 0.25) is 0 Å². The van der Waals surface area contributed by atoms with E-state index >= 15 is 0 Å². The number of nitrogen functional groups attached to an aromatic ring is 1. The van der Waals surface area contributed by atoms with Crippen LogP contribution in [0.1, 0.15) is 19.8 Å². The number of halogens is 1. The zero-order chi connectivity index (χ0) is 13.3. The lowest BCUT2D eigenvalue weighted by Crippen LogP contribution is -2.22. The SMILES string of the molecule is CC1CCC(CS(=O)(=O)c2ccc(F)cc2N)O1. The minimum absolute atomic E-state index is 0.0212. The molecule has 6 heteroatoms. The van der Waals surface area contributed by atoms with E-state index in [9.17, 15) is 12.8 Å². The first-order chi connectivity index (χ1) is 8.38. The third kappa shape index (κ3) is 2.81. The van der Waals surface area contributed by atoms with Gasteiger partial charge < -0.3 is 10.5 Å². The molecule has 1 aliphatic heterocycles. The molecule has 0 aliphatic carbocycles. The molecule has 0 radical (unpaired) electrons. The van der Waals surface area contributed by atoms with Crippen LogP contribution in [0, 0.1) is 5.82 Å². The minimum atomic E-state index is -3.53. The number of ether oxygens (including phenoxy) is 1. The van der Waals surface area contributed by atoms with Crippen LogP contribution in [-0.4, -0.2) is 26.4 Å². The molecule has 0 spiro atoms. The highest BCUT2D eigenvalue weighted by molar-refractivity contribution is 7.91. The lowest BCUT2D eigenvalue weighted by Gasteiger charge is -2.13. The zero-order valence-corrected chi connectivity index (χ0v) is 10.9. The summed E-state index contributed by atoms with van der Waals surface area (Å²) in [5.41, 5.74) is 5.49. The van der Waals surface area contributed by atoms with Gasteiger partial charge in [0.1, 0.15) is 5.82 Å². The van der Waals surface area contributed by atoms with Gasteiger partial charge in [0, 0.05) is 0 Å². The molecule has 1 aromatic carbocycles. The Hall–Kier alpha value is -1.14. The maximum atomic E-state index is 12.9. The molecule has 2 rings (SSSR count). The molecule has 0 bridgehead atoms. The molecule has 18 heavy (non-hydrogen) atoms. The Bertz CT molecular complexity index is 544. The number of rotatable bonds is 3. The molecule has 1 aromatic rings. The molecule has 1 aliphatic rings. The van der Waals surface area contributed by atoms with Crippen LogP contribution in [0.15, 0.2) is 23.1 Å². The van der Waals surface area contributed by atoms with Gasteiger partial charge >= 0.3 is 0 Å². The zero-order valence-electron chi connectivity index (χ0n) is 10.1. The molecule has 1 fully saturated rings. The second kappa shape index (κ2) is 4.85. The quantitative estimate of drug-likeness (QED) is 0.673. The average Bonchev–Trinajstić information content (AvgIpc) is 2.62. The third-order valence-corrected chi connectivity index (χ3v) is 4.88. The van der Waals surface area contributed by atoms with Gasteiger partial charge in [0.15, 0.2) is 9.84 Å². The standard InChI is InChI=1S/C12H16FNO3S/c1-8-2-4-10(17-8)7-18(15,16)12-5-3-9(13)6-11(12)14/h3,5-6,8,10H,2,4,7,14H2,1H3. The number of hydrogen-bond donors (Lipinski definition) is 1. The fraction of sp³-hybridized carbons (Fsp3) is 0.500. The fourth-order valence-corrected chi connectivity index (χ4v) is 3.75. The van der Waals surface area contributed by atoms with Gasteiger partial charge in [-0.15, -0.1) is 0 Å². The van der Waals surface area contributed by atoms with Gasteiger partial charge in [-0.2, -0.15) is 0 Å². The first kappa shape index (κ1) is 13.3. The number of nitrogens with two attached hydrogens (primary N) is 1. The number of sulfone groups is 1. The summed E-state index contributed by atoms with van der Waals surface area (Å²) in [6, 6.07) is 3.32. The van der Waals surface area contributed by atoms with Gasteiger partial charge in [-0.3, -0.25) is 0 Å². The van der Waals surface area contributed by atoms with E-state index in [1.807, 2.05) is 6.92 Å². The first-order valence-electron chi connectivity index (χ1n) is 5.82. The summed E-state index contributed by atoms with van der Waals surface area (Å²) in [5.74, 6) is -0.648. The van der Waals surface area contributed by atoms with Crippen molar-refractivity contribution in [2.45, 2.75) is 36.9 Å². The van der Waals surface area contributed by atoms with Crippen molar-refractivity contribution in [2.24, 2.45) is 0 Å². The van der Waals surface area contributed by atoms with Crippen molar-refractivity contribution >= 4 is 15.5 Å². The Morgan fingerprint density at radius 2 is 2.17 bits per heavy atom. The van der Waals surface area contributed by atoms with Crippen LogP contribution in [0.3, 0.4) is 0 Å². The van der Waals surface area contributed by atoms with E-state index < -0.39 is 15.7 Å². The van der Waals surface area contributed by atoms with E-state index in [1.54, 1.807) is 0 Å². The minimum Gasteiger partial charge on any atom is -0.398 e. The van der Waals surface area contributed by atoms with Crippen LogP contribution in [0.2, 0.25) is 0 Å². The highest BCUT2D eigenvalue weighted by Gasteiger charge is 2.29. The Labute approximate surface area is 106 Å². The predicted octanol–water partition coefficient (Wildman–Crippen LogP) is 1.75. The van der Waals surface area contributed by atoms with Gasteiger partial charge in [0.25, 0.3) is 0 Å². The van der Waals surface area contributed by atoms with Crippen molar-refractivity contribution in [3.8, 4) is 0 Å². The molecule has 0 amide bonds. The van der Waals surface area contributed by atoms with E-state index in [0.717, 1.165) is 25.0 Å². The molecule has 4 nitrogen and oxygen atoms in total. The van der Waals surface area contributed by atoms with E-state index in [4.69, 9.17) is 10.5 Å². The summed E-state index contributed by atoms with van der Waals surface area (Å²) >= 11 is 0. The Morgan fingerprint density at radius 1 is 1.44 bits per heavy atom. The summed E-state index contributed by atoms with van der Waals surface area (Å²) in [4.78, 5) is -0.0212. The lowest BCUT2D eigenvalue weighted by atomic mass is 10.2. The average molecular weight is 273 g/mol. The molecular weight excluding hydrogens is 257 g/mol. The van der Waals surface area contributed by atoms with Crippen LogP contribution >= 0.6 is 0 Å². The molecule has 2 unspecified atom stereocenters. The monoisotopic (exact) mass is 273 g/mol. The molecule has 0 aromatic heterocycles. The van der Waals surface area contributed by atoms with E-state index in [-0.39, 0.29) is 28.5 Å². The molecule has 2 N–H and O–H groups in total. The summed E-state index contributed by atoms with van der Waals surface area (Å²) in [7, 11) is -3.53. The van der Waals surface area contributed by atoms with Crippen LogP contribution < -0.4 is 5.73 Å². The highest BCUT2D eigenvalue weighted by atomic mass is 32.2. The van der Waals surface area contributed by atoms with Crippen molar-refractivity contribution in [1.29, 1.82) is 0 Å². The van der Waals surface area contributed by atoms with Gasteiger partial charge in [-0.1, -0.05) is 0 Å². The second-order valence-corrected chi connectivity index (χ2v) is 6.61. The Balaban J connectivity index is 2.20. The normalized spacial score (nSPS) is 24.3. The molecule has 1 heterocycles. The molecular formula is C12H16FNO3S. The van der Waals surface area contributed by atoms with E-state index in [2.05, 4.69) is 0 Å². The molecule has 2 atom stereocenters. The lowest BCUT2D eigenvalue weighted by molar-refractivity contribution is 0.0690. The van der Waals surface area contributed by atoms with Gasteiger partial charge in [-0.25, -0.2) is 12.8 Å². The van der Waals surface area contributed by atoms with Crippen LogP contribution in [-0.2, 0) is 14.6 Å². The second-order valence-electron chi connectivity index (χ2n) is 4.61. The molecule has 1 saturated heterocycles. The predicted molar refractivity (Wildman–Crippen MR) is 66.4 cm³/mol. The third-order valence-electron chi connectivity index (χ3n) is 3.03. The number of anilines is 1. The topological polar surface area (TPSA) is 69.4 Å². The van der Waals surface area contributed by atoms with E-state index in [1.165, 1.54) is 6.07 Å². The van der Waals surface area contributed by atoms with Crippen molar-refractivity contribution in [2.75, 3.05) is 11.5 Å². The maximum absolute atomic E-state index is 12.9. The summed E-state index contributed by atoms with van der Waals surface area (Å²) in [5, 5.41) is 0. The summed E-state index contributed by atoms with van der Waals surface area (Å²) in [6.45, 7) is 1.92. The van der Waals surface area contributed by atoms with Crippen LogP contribution in [0.5, 0.6) is 0 Å². The van der Waals surface area contributed by atoms with Gasteiger partial charge in [-0.05, 0) is 38.0 Å². The number of benzene rings is 1. The first-order valence-corrected chi connectivity index (χ1v) is 7.47. The van der Waals surface area contributed by atoms with Crippen molar-refractivity contribution in [3.63, 3.8) is 0 Å². The fourth-order valence-electron chi connectivity index (χ4n) is 2.14. The molecule has 100 valence electrons.